The van der Waals surface area contributed by atoms with Gasteiger partial charge in [0, 0.05) is 18.6 Å². The molecule has 2 aromatic carbocycles. The molecular formula is C20H26N2O2. The highest BCUT2D eigenvalue weighted by Gasteiger charge is 2.33. The molecule has 1 aliphatic rings. The third-order valence-corrected chi connectivity index (χ3v) is 4.62. The molecule has 4 nitrogen and oxygen atoms in total. The number of hydrogen-bond acceptors (Lipinski definition) is 4. The Morgan fingerprint density at radius 2 is 1.67 bits per heavy atom. The van der Waals surface area contributed by atoms with E-state index in [1.165, 1.54) is 5.56 Å². The van der Waals surface area contributed by atoms with Crippen LogP contribution >= 0.6 is 0 Å². The first-order valence-corrected chi connectivity index (χ1v) is 8.59. The molecule has 1 aliphatic heterocycles. The van der Waals surface area contributed by atoms with Crippen LogP contribution in [0, 0.1) is 0 Å². The lowest BCUT2D eigenvalue weighted by Gasteiger charge is -2.24. The van der Waals surface area contributed by atoms with Crippen molar-refractivity contribution in [2.45, 2.75) is 43.7 Å². The van der Waals surface area contributed by atoms with E-state index in [0.717, 1.165) is 18.5 Å². The maximum atomic E-state index is 10.5. The normalized spacial score (nSPS) is 23.1. The summed E-state index contributed by atoms with van der Waals surface area (Å²) in [5, 5.41) is 13.9. The number of aliphatic hydroxyl groups excluding tert-OH is 1. The molecule has 0 radical (unpaired) electrons. The topological polar surface area (TPSA) is 67.5 Å². The number of hydrogen-bond donors (Lipinski definition) is 3. The Hall–Kier alpha value is -1.72. The fourth-order valence-corrected chi connectivity index (χ4v) is 3.21. The van der Waals surface area contributed by atoms with Crippen LogP contribution < -0.4 is 11.1 Å². The minimum atomic E-state index is -0.574. The summed E-state index contributed by atoms with van der Waals surface area (Å²) in [6, 6.07) is 19.9. The van der Waals surface area contributed by atoms with Gasteiger partial charge in [-0.1, -0.05) is 60.7 Å². The van der Waals surface area contributed by atoms with E-state index in [0.29, 0.717) is 13.0 Å². The van der Waals surface area contributed by atoms with Crippen molar-refractivity contribution in [3.8, 4) is 0 Å². The van der Waals surface area contributed by atoms with Gasteiger partial charge in [0.2, 0.25) is 0 Å². The summed E-state index contributed by atoms with van der Waals surface area (Å²) >= 11 is 0. The van der Waals surface area contributed by atoms with Crippen LogP contribution in [0.1, 0.15) is 17.5 Å². The van der Waals surface area contributed by atoms with Gasteiger partial charge in [-0.25, -0.2) is 0 Å². The maximum absolute atomic E-state index is 10.5. The lowest BCUT2D eigenvalue weighted by Crippen LogP contribution is -2.48. The van der Waals surface area contributed by atoms with Crippen LogP contribution in [0.3, 0.4) is 0 Å². The van der Waals surface area contributed by atoms with Gasteiger partial charge in [-0.2, -0.15) is 0 Å². The number of aliphatic hydroxyl groups is 1. The zero-order chi connectivity index (χ0) is 16.8. The van der Waals surface area contributed by atoms with E-state index in [2.05, 4.69) is 17.4 Å². The van der Waals surface area contributed by atoms with Crippen LogP contribution in [-0.4, -0.2) is 35.9 Å². The van der Waals surface area contributed by atoms with Crippen molar-refractivity contribution in [3.05, 3.63) is 71.8 Å². The van der Waals surface area contributed by atoms with E-state index >= 15 is 0 Å². The molecule has 0 bridgehead atoms. The molecule has 4 heteroatoms. The van der Waals surface area contributed by atoms with Gasteiger partial charge >= 0.3 is 0 Å². The fourth-order valence-electron chi connectivity index (χ4n) is 3.21. The van der Waals surface area contributed by atoms with Gasteiger partial charge < -0.3 is 20.9 Å². The Kier molecular flexibility index (Phi) is 5.99. The van der Waals surface area contributed by atoms with Crippen LogP contribution in [0.5, 0.6) is 0 Å². The predicted octanol–water partition coefficient (Wildman–Crippen LogP) is 1.86. The average molecular weight is 326 g/mol. The summed E-state index contributed by atoms with van der Waals surface area (Å²) in [5.41, 5.74) is 8.53. The van der Waals surface area contributed by atoms with Gasteiger partial charge in [-0.15, -0.1) is 0 Å². The molecule has 0 amide bonds. The minimum Gasteiger partial charge on any atom is -0.390 e. The second-order valence-corrected chi connectivity index (χ2v) is 6.51. The Morgan fingerprint density at radius 3 is 2.33 bits per heavy atom. The summed E-state index contributed by atoms with van der Waals surface area (Å²) in [6.07, 6.45) is 1.01. The van der Waals surface area contributed by atoms with Crippen LogP contribution in [0.4, 0.5) is 0 Å². The zero-order valence-electron chi connectivity index (χ0n) is 13.8. The molecule has 1 heterocycles. The molecule has 1 saturated heterocycles. The summed E-state index contributed by atoms with van der Waals surface area (Å²) in [6.45, 7) is 1.36. The van der Waals surface area contributed by atoms with Crippen molar-refractivity contribution >= 4 is 0 Å². The van der Waals surface area contributed by atoms with Crippen molar-refractivity contribution in [1.29, 1.82) is 0 Å². The van der Waals surface area contributed by atoms with Crippen LogP contribution in [0.2, 0.25) is 0 Å². The van der Waals surface area contributed by atoms with E-state index in [1.807, 2.05) is 48.5 Å². The van der Waals surface area contributed by atoms with Gasteiger partial charge in [0.1, 0.15) is 0 Å². The van der Waals surface area contributed by atoms with E-state index in [1.54, 1.807) is 0 Å². The molecule has 128 valence electrons. The molecule has 4 atom stereocenters. The summed E-state index contributed by atoms with van der Waals surface area (Å²) in [4.78, 5) is 0. The molecule has 3 rings (SSSR count). The quantitative estimate of drug-likeness (QED) is 0.726. The number of benzene rings is 2. The van der Waals surface area contributed by atoms with Gasteiger partial charge in [0.15, 0.2) is 0 Å². The number of nitrogens with one attached hydrogen (secondary N) is 1. The highest BCUT2D eigenvalue weighted by Crippen LogP contribution is 2.18. The van der Waals surface area contributed by atoms with Crippen LogP contribution in [0.15, 0.2) is 60.7 Å². The number of nitrogens with two attached hydrogens (primary N) is 1. The molecule has 0 aliphatic carbocycles. The zero-order valence-corrected chi connectivity index (χ0v) is 13.8. The Morgan fingerprint density at radius 1 is 1.04 bits per heavy atom. The molecular weight excluding hydrogens is 300 g/mol. The minimum absolute atomic E-state index is 0.00974. The third kappa shape index (κ3) is 4.65. The first-order valence-electron chi connectivity index (χ1n) is 8.59. The lowest BCUT2D eigenvalue weighted by molar-refractivity contribution is 0.0445. The summed E-state index contributed by atoms with van der Waals surface area (Å²) in [5.74, 6) is 0. The molecule has 4 unspecified atom stereocenters. The first kappa shape index (κ1) is 17.1. The van der Waals surface area contributed by atoms with Crippen molar-refractivity contribution in [1.82, 2.24) is 5.32 Å². The van der Waals surface area contributed by atoms with Crippen LogP contribution in [-0.2, 0) is 17.8 Å². The predicted molar refractivity (Wildman–Crippen MR) is 95.6 cm³/mol. The fraction of sp³-hybridized carbons (Fsp3) is 0.400. The summed E-state index contributed by atoms with van der Waals surface area (Å²) < 4.78 is 5.95. The van der Waals surface area contributed by atoms with Crippen molar-refractivity contribution in [2.75, 3.05) is 6.54 Å². The molecule has 0 spiro atoms. The molecule has 0 aromatic heterocycles. The van der Waals surface area contributed by atoms with Gasteiger partial charge in [-0.05, 0) is 24.0 Å². The monoisotopic (exact) mass is 326 g/mol. The molecule has 24 heavy (non-hydrogen) atoms. The number of rotatable bonds is 7. The first-order chi connectivity index (χ1) is 11.7. The smallest absolute Gasteiger partial charge is 0.0847 e. The van der Waals surface area contributed by atoms with E-state index in [4.69, 9.17) is 10.5 Å². The largest absolute Gasteiger partial charge is 0.390 e. The number of ether oxygens (including phenoxy) is 1. The molecule has 4 N–H and O–H groups in total. The van der Waals surface area contributed by atoms with E-state index < -0.39 is 6.10 Å². The van der Waals surface area contributed by atoms with E-state index in [-0.39, 0.29) is 18.2 Å². The van der Waals surface area contributed by atoms with Crippen molar-refractivity contribution in [3.63, 3.8) is 0 Å². The van der Waals surface area contributed by atoms with Gasteiger partial charge in [0.25, 0.3) is 0 Å². The SMILES string of the molecule is NC(Cc1ccccc1)C(O)C1CC(OCc2ccccc2)CN1. The average Bonchev–Trinajstić information content (AvgIpc) is 3.10. The highest BCUT2D eigenvalue weighted by molar-refractivity contribution is 5.16. The standard InChI is InChI=1S/C20H26N2O2/c21-18(11-15-7-3-1-4-8-15)20(23)19-12-17(13-22-19)24-14-16-9-5-2-6-10-16/h1-10,17-20,22-23H,11-14,21H2. The Balaban J connectivity index is 1.46. The third-order valence-electron chi connectivity index (χ3n) is 4.62. The second kappa shape index (κ2) is 8.40. The van der Waals surface area contributed by atoms with Crippen molar-refractivity contribution < 1.29 is 9.84 Å². The Labute approximate surface area is 143 Å². The van der Waals surface area contributed by atoms with Gasteiger partial charge in [-0.3, -0.25) is 0 Å². The van der Waals surface area contributed by atoms with E-state index in [9.17, 15) is 5.11 Å². The van der Waals surface area contributed by atoms with Crippen molar-refractivity contribution in [2.24, 2.45) is 5.73 Å². The molecule has 0 saturated carbocycles. The second-order valence-electron chi connectivity index (χ2n) is 6.51. The van der Waals surface area contributed by atoms with Crippen LogP contribution in [0.25, 0.3) is 0 Å². The Bertz CT molecular complexity index is 606. The molecule has 1 fully saturated rings. The summed E-state index contributed by atoms with van der Waals surface area (Å²) in [7, 11) is 0. The lowest BCUT2D eigenvalue weighted by atomic mass is 9.96. The van der Waals surface area contributed by atoms with Gasteiger partial charge in [0.05, 0.1) is 18.8 Å². The highest BCUT2D eigenvalue weighted by atomic mass is 16.5. The molecule has 2 aromatic rings. The maximum Gasteiger partial charge on any atom is 0.0847 e.